The molecule has 0 radical (unpaired) electrons. The second kappa shape index (κ2) is 9.13. The Hall–Kier alpha value is -3.12. The maximum absolute atomic E-state index is 12.4. The summed E-state index contributed by atoms with van der Waals surface area (Å²) >= 11 is 0. The number of hydrogen-bond donors (Lipinski definition) is 1. The van der Waals surface area contributed by atoms with Gasteiger partial charge in [0.05, 0.1) is 12.6 Å². The molecule has 0 bridgehead atoms. The van der Waals surface area contributed by atoms with Crippen molar-refractivity contribution in [3.8, 4) is 5.75 Å². The summed E-state index contributed by atoms with van der Waals surface area (Å²) in [5.41, 5.74) is 2.59. The Bertz CT molecular complexity index is 1160. The highest BCUT2D eigenvalue weighted by Gasteiger charge is 2.14. The number of benzene rings is 2. The van der Waals surface area contributed by atoms with Gasteiger partial charge in [0.1, 0.15) is 11.1 Å². The largest absolute Gasteiger partial charge is 0.496 e. The molecule has 1 aliphatic rings. The summed E-state index contributed by atoms with van der Waals surface area (Å²) in [5, 5.41) is 0.425. The molecule has 2 aromatic carbocycles. The Morgan fingerprint density at radius 1 is 1.00 bits per heavy atom. The zero-order valence-electron chi connectivity index (χ0n) is 17.3. The fraction of sp³-hybridized carbons (Fsp3) is 0.333. The number of methoxy groups -OCH3 is 1. The number of nitrogens with zero attached hydrogens (tertiary/aromatic N) is 2. The molecule has 0 unspecified atom stereocenters. The van der Waals surface area contributed by atoms with Crippen LogP contribution in [0.4, 0.5) is 0 Å². The summed E-state index contributed by atoms with van der Waals surface area (Å²) in [5.74, 6) is 0.483. The lowest BCUT2D eigenvalue weighted by Crippen LogP contribution is -2.31. The second-order valence-electron chi connectivity index (χ2n) is 7.62. The minimum Gasteiger partial charge on any atom is -0.496 e. The van der Waals surface area contributed by atoms with Gasteiger partial charge in [0.2, 0.25) is 0 Å². The normalized spacial score (nSPS) is 14.6. The van der Waals surface area contributed by atoms with Crippen molar-refractivity contribution in [2.75, 3.05) is 26.7 Å². The van der Waals surface area contributed by atoms with Gasteiger partial charge < -0.3 is 4.74 Å². The zero-order valence-corrected chi connectivity index (χ0v) is 17.3. The summed E-state index contributed by atoms with van der Waals surface area (Å²) in [6, 6.07) is 15.9. The van der Waals surface area contributed by atoms with E-state index in [1.807, 2.05) is 6.07 Å². The molecule has 30 heavy (non-hydrogen) atoms. The van der Waals surface area contributed by atoms with Crippen molar-refractivity contribution in [2.24, 2.45) is 0 Å². The fourth-order valence-corrected chi connectivity index (χ4v) is 4.14. The van der Waals surface area contributed by atoms with Gasteiger partial charge in [-0.2, -0.15) is 0 Å². The van der Waals surface area contributed by atoms with Crippen molar-refractivity contribution in [1.82, 2.24) is 14.5 Å². The van der Waals surface area contributed by atoms with Gasteiger partial charge in [-0.1, -0.05) is 42.5 Å². The lowest BCUT2D eigenvalue weighted by molar-refractivity contribution is 0.292. The van der Waals surface area contributed by atoms with Crippen molar-refractivity contribution >= 4 is 16.5 Å². The number of aromatic amines is 1. The monoisotopic (exact) mass is 405 g/mol. The molecule has 0 saturated carbocycles. The molecule has 1 aromatic heterocycles. The predicted octanol–water partition coefficient (Wildman–Crippen LogP) is 3.27. The second-order valence-corrected chi connectivity index (χ2v) is 7.62. The Kier molecular flexibility index (Phi) is 6.14. The number of aryl methyl sites for hydroxylation is 1. The van der Waals surface area contributed by atoms with E-state index in [0.717, 1.165) is 38.9 Å². The molecule has 0 fully saturated rings. The van der Waals surface area contributed by atoms with E-state index in [-0.39, 0.29) is 5.69 Å². The number of hydrogen-bond acceptors (Lipinski definition) is 4. The van der Waals surface area contributed by atoms with Crippen LogP contribution in [0.2, 0.25) is 0 Å². The number of aromatic nitrogens is 2. The third kappa shape index (κ3) is 4.24. The molecule has 2 heterocycles. The van der Waals surface area contributed by atoms with Crippen molar-refractivity contribution in [3.63, 3.8) is 0 Å². The first kappa shape index (κ1) is 20.2. The highest BCUT2D eigenvalue weighted by Crippen LogP contribution is 2.23. The summed E-state index contributed by atoms with van der Waals surface area (Å²) in [6.07, 6.45) is 5.24. The Morgan fingerprint density at radius 3 is 2.53 bits per heavy atom. The van der Waals surface area contributed by atoms with Crippen LogP contribution in [0, 0.1) is 0 Å². The van der Waals surface area contributed by atoms with Crippen LogP contribution in [0.5, 0.6) is 5.75 Å². The maximum Gasteiger partial charge on any atom is 0.328 e. The van der Waals surface area contributed by atoms with Crippen molar-refractivity contribution in [2.45, 2.75) is 25.8 Å². The molecule has 6 nitrogen and oxygen atoms in total. The van der Waals surface area contributed by atoms with Crippen LogP contribution in [-0.4, -0.2) is 41.2 Å². The predicted molar refractivity (Wildman–Crippen MR) is 120 cm³/mol. The first-order valence-corrected chi connectivity index (χ1v) is 10.4. The maximum atomic E-state index is 12.4. The molecular weight excluding hydrogens is 378 g/mol. The van der Waals surface area contributed by atoms with Gasteiger partial charge in [-0.15, -0.1) is 0 Å². The molecule has 156 valence electrons. The van der Waals surface area contributed by atoms with Crippen LogP contribution in [0.15, 0.2) is 64.2 Å². The third-order valence-corrected chi connectivity index (χ3v) is 5.75. The summed E-state index contributed by atoms with van der Waals surface area (Å²) in [7, 11) is 1.53. The van der Waals surface area contributed by atoms with E-state index in [2.05, 4.69) is 40.2 Å². The quantitative estimate of drug-likeness (QED) is 0.613. The summed E-state index contributed by atoms with van der Waals surface area (Å²) < 4.78 is 6.94. The lowest BCUT2D eigenvalue weighted by Gasteiger charge is -2.26. The number of unbranched alkanes of at least 4 members (excludes halogenated alkanes) is 1. The molecule has 1 aliphatic heterocycles. The van der Waals surface area contributed by atoms with Crippen LogP contribution in [0.3, 0.4) is 0 Å². The zero-order chi connectivity index (χ0) is 20.9. The van der Waals surface area contributed by atoms with Crippen molar-refractivity contribution < 1.29 is 4.74 Å². The number of rotatable bonds is 7. The van der Waals surface area contributed by atoms with Crippen LogP contribution in [-0.2, 0) is 6.54 Å². The molecule has 0 atom stereocenters. The Morgan fingerprint density at radius 2 is 1.80 bits per heavy atom. The molecule has 1 N–H and O–H groups in total. The summed E-state index contributed by atoms with van der Waals surface area (Å²) in [4.78, 5) is 29.5. The smallest absolute Gasteiger partial charge is 0.328 e. The van der Waals surface area contributed by atoms with Crippen molar-refractivity contribution in [3.05, 3.63) is 81.0 Å². The molecule has 0 amide bonds. The lowest BCUT2D eigenvalue weighted by atomic mass is 9.99. The van der Waals surface area contributed by atoms with Gasteiger partial charge in [0.15, 0.2) is 0 Å². The van der Waals surface area contributed by atoms with E-state index in [0.29, 0.717) is 23.2 Å². The van der Waals surface area contributed by atoms with Gasteiger partial charge in [-0.3, -0.25) is 19.2 Å². The molecule has 0 spiro atoms. The molecule has 0 aliphatic carbocycles. The standard InChI is InChI=1S/C24H27N3O3/c1-30-21-11-7-10-20-22(21)23(28)25-24(29)27(20)15-6-5-14-26-16-12-19(13-17-26)18-8-3-2-4-9-18/h2-4,7-12H,5-6,13-17H2,1H3,(H,25,28,29). The molecule has 0 saturated heterocycles. The Balaban J connectivity index is 1.37. The van der Waals surface area contributed by atoms with Crippen LogP contribution in [0.25, 0.3) is 16.5 Å². The van der Waals surface area contributed by atoms with Gasteiger partial charge in [0, 0.05) is 19.6 Å². The van der Waals surface area contributed by atoms with E-state index in [9.17, 15) is 9.59 Å². The topological polar surface area (TPSA) is 67.3 Å². The van der Waals surface area contributed by atoms with Gasteiger partial charge >= 0.3 is 5.69 Å². The third-order valence-electron chi connectivity index (χ3n) is 5.75. The van der Waals surface area contributed by atoms with E-state index < -0.39 is 5.56 Å². The van der Waals surface area contributed by atoms with Crippen LogP contribution < -0.4 is 16.0 Å². The minimum atomic E-state index is -0.405. The van der Waals surface area contributed by atoms with Crippen LogP contribution in [0.1, 0.15) is 24.8 Å². The molecule has 3 aromatic rings. The molecular formula is C24H27N3O3. The number of fused-ring (bicyclic) bond motifs is 1. The average Bonchev–Trinajstić information content (AvgIpc) is 2.79. The van der Waals surface area contributed by atoms with Gasteiger partial charge in [-0.05, 0) is 49.1 Å². The van der Waals surface area contributed by atoms with Gasteiger partial charge in [0.25, 0.3) is 5.56 Å². The van der Waals surface area contributed by atoms with Gasteiger partial charge in [-0.25, -0.2) is 4.79 Å². The number of ether oxygens (including phenoxy) is 1. The molecule has 6 heteroatoms. The molecule has 4 rings (SSSR count). The first-order valence-electron chi connectivity index (χ1n) is 10.4. The highest BCUT2D eigenvalue weighted by molar-refractivity contribution is 5.84. The van der Waals surface area contributed by atoms with E-state index in [1.165, 1.54) is 18.2 Å². The van der Waals surface area contributed by atoms with E-state index in [1.54, 1.807) is 22.8 Å². The van der Waals surface area contributed by atoms with Crippen LogP contribution >= 0.6 is 0 Å². The number of H-pyrrole nitrogens is 1. The van der Waals surface area contributed by atoms with E-state index >= 15 is 0 Å². The Labute approximate surface area is 175 Å². The average molecular weight is 405 g/mol. The fourth-order valence-electron chi connectivity index (χ4n) is 4.14. The highest BCUT2D eigenvalue weighted by atomic mass is 16.5. The SMILES string of the molecule is COc1cccc2c1c(=O)[nH]c(=O)n2CCCCN1CC=C(c2ccccc2)CC1. The minimum absolute atomic E-state index is 0.367. The number of nitrogens with one attached hydrogen (secondary N) is 1. The van der Waals surface area contributed by atoms with E-state index in [4.69, 9.17) is 4.74 Å². The summed E-state index contributed by atoms with van der Waals surface area (Å²) in [6.45, 7) is 3.58. The first-order chi connectivity index (χ1) is 14.7. The van der Waals surface area contributed by atoms with Crippen molar-refractivity contribution in [1.29, 1.82) is 0 Å².